The first-order valence-electron chi connectivity index (χ1n) is 23.4. The number of rotatable bonds is 17. The van der Waals surface area contributed by atoms with E-state index in [1.165, 1.54) is 20.3 Å². The fraction of sp³-hybridized carbons (Fsp3) is 0.700. The number of hydrogen-bond donors (Lipinski definition) is 3. The molecule has 16 nitrogen and oxygen atoms in total. The molecule has 4 rings (SSSR count). The zero-order chi connectivity index (χ0) is 49.5. The molecule has 1 unspecified atom stereocenters. The summed E-state index contributed by atoms with van der Waals surface area (Å²) in [6.07, 6.45) is -3.51. The number of benzene rings is 1. The standard InChI is InChI=1S/C50H76ClNO15/c1-12-21-62-46-32(7)65-49(44(58)42(46)52(8)9)67-45-30(5)38(54)26-41(56)66-39(13-2)35(27-63-50-48(60-11)47(59-10)43(57)31(6)64-50)23-28(3)14-19-37(53)29(4)24-34(45)20-22-61-40(55)25-33-15-17-36(51)18-16-33/h12,14-19,23,29-32,34-35,38-39,42-50,54,57-58H,1,13,20-22,24-27H2,2-11H3/b19-14+,28-23+/t29-,30+,31-,32-,34+,35-,38-,39-,42-,43-,44-,45-,46-,47-,48-,49?,50-/m1/s1. The molecule has 378 valence electrons. The van der Waals surface area contributed by atoms with Crippen molar-refractivity contribution < 1.29 is 72.3 Å². The maximum atomic E-state index is 14.0. The summed E-state index contributed by atoms with van der Waals surface area (Å²) in [6, 6.07) is 6.31. The first-order valence-corrected chi connectivity index (χ1v) is 23.8. The number of cyclic esters (lactones) is 1. The highest BCUT2D eigenvalue weighted by atomic mass is 35.5. The van der Waals surface area contributed by atoms with Gasteiger partial charge in [0.2, 0.25) is 0 Å². The Morgan fingerprint density at radius 3 is 2.21 bits per heavy atom. The van der Waals surface area contributed by atoms with Crippen molar-refractivity contribution >= 4 is 29.3 Å². The van der Waals surface area contributed by atoms with Gasteiger partial charge in [0.15, 0.2) is 18.4 Å². The number of carbonyl (C=O) groups is 3. The van der Waals surface area contributed by atoms with E-state index in [0.29, 0.717) is 17.0 Å². The molecule has 0 spiro atoms. The van der Waals surface area contributed by atoms with Crippen LogP contribution in [-0.2, 0) is 63.4 Å². The zero-order valence-electron chi connectivity index (χ0n) is 40.9. The van der Waals surface area contributed by atoms with Crippen LogP contribution in [0.1, 0.15) is 72.8 Å². The Morgan fingerprint density at radius 1 is 0.910 bits per heavy atom. The highest BCUT2D eigenvalue weighted by Crippen LogP contribution is 2.36. The largest absolute Gasteiger partial charge is 0.465 e. The topological polar surface area (TPSA) is 198 Å². The molecule has 1 aromatic carbocycles. The quantitative estimate of drug-likeness (QED) is 0.139. The number of ether oxygens (including phenoxy) is 9. The summed E-state index contributed by atoms with van der Waals surface area (Å²) >= 11 is 6.04. The van der Waals surface area contributed by atoms with Crippen molar-refractivity contribution in [3.63, 3.8) is 0 Å². The number of allylic oxidation sites excluding steroid dienone is 3. The molecule has 2 fully saturated rings. The predicted octanol–water partition coefficient (Wildman–Crippen LogP) is 5.01. The Labute approximate surface area is 401 Å². The van der Waals surface area contributed by atoms with Gasteiger partial charge in [0, 0.05) is 37.0 Å². The molecule has 17 atom stereocenters. The number of aliphatic hydroxyl groups is 3. The van der Waals surface area contributed by atoms with Crippen LogP contribution in [0.15, 0.2) is 60.7 Å². The molecule has 0 amide bonds. The summed E-state index contributed by atoms with van der Waals surface area (Å²) in [7, 11) is 6.58. The molecule has 0 bridgehead atoms. The van der Waals surface area contributed by atoms with Crippen molar-refractivity contribution in [1.82, 2.24) is 4.90 Å². The fourth-order valence-electron chi connectivity index (χ4n) is 9.22. The van der Waals surface area contributed by atoms with Crippen molar-refractivity contribution in [2.75, 3.05) is 48.1 Å². The van der Waals surface area contributed by atoms with Gasteiger partial charge in [-0.2, -0.15) is 0 Å². The van der Waals surface area contributed by atoms with Crippen LogP contribution in [0.25, 0.3) is 0 Å². The molecule has 0 saturated carbocycles. The number of halogens is 1. The molecule has 3 N–H and O–H groups in total. The molecule has 0 aliphatic carbocycles. The lowest BCUT2D eigenvalue weighted by Crippen LogP contribution is -2.64. The minimum atomic E-state index is -1.33. The second kappa shape index (κ2) is 27.3. The summed E-state index contributed by atoms with van der Waals surface area (Å²) in [4.78, 5) is 42.8. The molecular formula is C50H76ClNO15. The Balaban J connectivity index is 1.68. The van der Waals surface area contributed by atoms with Crippen LogP contribution in [0, 0.1) is 23.7 Å². The molecule has 3 heterocycles. The lowest BCUT2D eigenvalue weighted by molar-refractivity contribution is -0.308. The molecule has 0 radical (unpaired) electrons. The number of ketones is 1. The second-order valence-electron chi connectivity index (χ2n) is 18.4. The van der Waals surface area contributed by atoms with Gasteiger partial charge in [-0.15, -0.1) is 6.58 Å². The van der Waals surface area contributed by atoms with E-state index in [2.05, 4.69) is 6.58 Å². The monoisotopic (exact) mass is 965 g/mol. The molecule has 67 heavy (non-hydrogen) atoms. The van der Waals surface area contributed by atoms with Crippen molar-refractivity contribution in [2.45, 2.75) is 153 Å². The number of carbonyl (C=O) groups excluding carboxylic acids is 3. The number of likely N-dealkylation sites (N-methyl/N-ethyl adjacent to an activating group) is 1. The molecular weight excluding hydrogens is 890 g/mol. The zero-order valence-corrected chi connectivity index (χ0v) is 41.6. The summed E-state index contributed by atoms with van der Waals surface area (Å²) in [5.74, 6) is -3.83. The fourth-order valence-corrected chi connectivity index (χ4v) is 9.35. The average Bonchev–Trinajstić information content (AvgIpc) is 3.28. The highest BCUT2D eigenvalue weighted by Gasteiger charge is 2.49. The lowest BCUT2D eigenvalue weighted by Gasteiger charge is -2.48. The van der Waals surface area contributed by atoms with Crippen molar-refractivity contribution in [3.05, 3.63) is 71.3 Å². The maximum Gasteiger partial charge on any atom is 0.310 e. The van der Waals surface area contributed by atoms with Gasteiger partial charge in [-0.1, -0.05) is 68.3 Å². The van der Waals surface area contributed by atoms with E-state index in [9.17, 15) is 29.7 Å². The van der Waals surface area contributed by atoms with E-state index in [1.54, 1.807) is 57.2 Å². The second-order valence-corrected chi connectivity index (χ2v) is 18.8. The number of hydrogen-bond acceptors (Lipinski definition) is 16. The van der Waals surface area contributed by atoms with Gasteiger partial charge in [0.05, 0.1) is 63.1 Å². The Hall–Kier alpha value is -3.10. The van der Waals surface area contributed by atoms with Gasteiger partial charge in [0.1, 0.15) is 36.6 Å². The van der Waals surface area contributed by atoms with Crippen LogP contribution in [0.5, 0.6) is 0 Å². The van der Waals surface area contributed by atoms with E-state index in [0.717, 1.165) is 5.56 Å². The summed E-state index contributed by atoms with van der Waals surface area (Å²) in [5, 5.41) is 35.2. The van der Waals surface area contributed by atoms with E-state index >= 15 is 0 Å². The van der Waals surface area contributed by atoms with Crippen molar-refractivity contribution in [3.8, 4) is 0 Å². The first kappa shape index (κ1) is 56.5. The average molecular weight is 967 g/mol. The number of nitrogens with zero attached hydrogens (tertiary/aromatic N) is 1. The highest BCUT2D eigenvalue weighted by molar-refractivity contribution is 6.30. The summed E-state index contributed by atoms with van der Waals surface area (Å²) in [5.41, 5.74) is 1.42. The van der Waals surface area contributed by atoms with Gasteiger partial charge in [-0.05, 0) is 83.8 Å². The predicted molar refractivity (Wildman–Crippen MR) is 250 cm³/mol. The molecule has 3 aliphatic heterocycles. The molecule has 1 aromatic rings. The normalized spacial score (nSPS) is 37.3. The molecule has 17 heteroatoms. The molecule has 0 aromatic heterocycles. The van der Waals surface area contributed by atoms with E-state index < -0.39 is 122 Å². The van der Waals surface area contributed by atoms with Crippen molar-refractivity contribution in [1.29, 1.82) is 0 Å². The smallest absolute Gasteiger partial charge is 0.310 e. The Bertz CT molecular complexity index is 1780. The minimum absolute atomic E-state index is 0.00147. The number of aliphatic hydroxyl groups excluding tert-OH is 3. The maximum absolute atomic E-state index is 14.0. The van der Waals surface area contributed by atoms with Crippen molar-refractivity contribution in [2.24, 2.45) is 23.7 Å². The van der Waals surface area contributed by atoms with Gasteiger partial charge in [0.25, 0.3) is 0 Å². The van der Waals surface area contributed by atoms with Crippen LogP contribution in [-0.4, -0.2) is 166 Å². The third-order valence-corrected chi connectivity index (χ3v) is 13.3. The third kappa shape index (κ3) is 16.0. The number of esters is 2. The molecule has 3 aliphatic rings. The van der Waals surface area contributed by atoms with Crippen LogP contribution >= 0.6 is 11.6 Å². The summed E-state index contributed by atoms with van der Waals surface area (Å²) in [6.45, 7) is 14.7. The SMILES string of the molecule is C=CCO[C@H]1[C@H](N(C)C)[C@@H](O)C(O[C@H]2[C@@H](CCOC(=O)Cc3ccc(Cl)cc3)C[C@@H](C)C(=O)/C=C/C(C)=C/[C@H](CO[C@@H]3O[C@H](C)[C@@H](O)[C@@H](OC)[C@H]3OC)[C@@H](CC)OC(=O)C[C@@H](O)[C@@H]2C)O[C@@H]1C. The van der Waals surface area contributed by atoms with Crippen LogP contribution in [0.3, 0.4) is 0 Å². The van der Waals surface area contributed by atoms with Gasteiger partial charge in [-0.3, -0.25) is 14.4 Å². The Morgan fingerprint density at radius 2 is 1.58 bits per heavy atom. The first-order chi connectivity index (χ1) is 31.8. The van der Waals surface area contributed by atoms with Gasteiger partial charge in [-0.25, -0.2) is 0 Å². The third-order valence-electron chi connectivity index (χ3n) is 13.1. The molecule has 2 saturated heterocycles. The van der Waals surface area contributed by atoms with Crippen LogP contribution in [0.2, 0.25) is 5.02 Å². The minimum Gasteiger partial charge on any atom is -0.465 e. The van der Waals surface area contributed by atoms with Crippen LogP contribution < -0.4 is 0 Å². The van der Waals surface area contributed by atoms with E-state index in [-0.39, 0.29) is 44.9 Å². The van der Waals surface area contributed by atoms with Gasteiger partial charge < -0.3 is 62.9 Å². The number of methoxy groups -OCH3 is 2. The van der Waals surface area contributed by atoms with Gasteiger partial charge >= 0.3 is 11.9 Å². The van der Waals surface area contributed by atoms with E-state index in [4.69, 9.17) is 54.2 Å². The summed E-state index contributed by atoms with van der Waals surface area (Å²) < 4.78 is 54.6. The van der Waals surface area contributed by atoms with Crippen LogP contribution in [0.4, 0.5) is 0 Å². The Kier molecular flexibility index (Phi) is 23.0. The van der Waals surface area contributed by atoms with E-state index in [1.807, 2.05) is 45.8 Å². The lowest BCUT2D eigenvalue weighted by atomic mass is 9.79.